The quantitative estimate of drug-likeness (QED) is 0.517. The number of para-hydroxylation sites is 1. The van der Waals surface area contributed by atoms with E-state index in [4.69, 9.17) is 19.2 Å². The van der Waals surface area contributed by atoms with E-state index in [0.29, 0.717) is 17.5 Å². The van der Waals surface area contributed by atoms with Gasteiger partial charge in [-0.05, 0) is 38.1 Å². The summed E-state index contributed by atoms with van der Waals surface area (Å²) in [5.41, 5.74) is 1.76. The standard InChI is InChI=1S/C21H21N5O2/c1-13(21-22-14(2)25-28-21)26(3)20-17-10-5-6-11-18(17)23-19(24-20)15-8-7-9-16(12-15)27-4/h5-13H,1-4H3. The van der Waals surface area contributed by atoms with Crippen LogP contribution in [0.1, 0.15) is 24.7 Å². The second-order valence-corrected chi connectivity index (χ2v) is 6.59. The average molecular weight is 375 g/mol. The highest BCUT2D eigenvalue weighted by Gasteiger charge is 2.22. The zero-order valence-electron chi connectivity index (χ0n) is 16.2. The van der Waals surface area contributed by atoms with Crippen LogP contribution in [0.3, 0.4) is 0 Å². The van der Waals surface area contributed by atoms with Crippen molar-refractivity contribution in [2.24, 2.45) is 0 Å². The molecule has 0 N–H and O–H groups in total. The molecule has 0 aliphatic heterocycles. The highest BCUT2D eigenvalue weighted by Crippen LogP contribution is 2.32. The van der Waals surface area contributed by atoms with Crippen LogP contribution in [-0.4, -0.2) is 34.3 Å². The molecule has 4 aromatic rings. The van der Waals surface area contributed by atoms with Gasteiger partial charge in [-0.15, -0.1) is 0 Å². The van der Waals surface area contributed by atoms with Crippen molar-refractivity contribution in [1.29, 1.82) is 0 Å². The monoisotopic (exact) mass is 375 g/mol. The summed E-state index contributed by atoms with van der Waals surface area (Å²) in [7, 11) is 3.61. The van der Waals surface area contributed by atoms with Gasteiger partial charge in [0.05, 0.1) is 12.6 Å². The summed E-state index contributed by atoms with van der Waals surface area (Å²) in [6.07, 6.45) is 0. The van der Waals surface area contributed by atoms with Gasteiger partial charge in [0, 0.05) is 18.0 Å². The van der Waals surface area contributed by atoms with E-state index in [1.165, 1.54) is 0 Å². The predicted octanol–water partition coefficient (Wildman–Crippen LogP) is 4.19. The van der Waals surface area contributed by atoms with Gasteiger partial charge in [0.1, 0.15) is 17.6 Å². The largest absolute Gasteiger partial charge is 0.497 e. The Morgan fingerprint density at radius 3 is 2.61 bits per heavy atom. The molecule has 142 valence electrons. The molecule has 0 saturated carbocycles. The molecule has 0 fully saturated rings. The van der Waals surface area contributed by atoms with Crippen molar-refractivity contribution in [3.05, 3.63) is 60.2 Å². The van der Waals surface area contributed by atoms with E-state index in [0.717, 1.165) is 28.0 Å². The van der Waals surface area contributed by atoms with Crippen LogP contribution in [0.15, 0.2) is 53.1 Å². The number of benzene rings is 2. The summed E-state index contributed by atoms with van der Waals surface area (Å²) >= 11 is 0. The van der Waals surface area contributed by atoms with E-state index in [2.05, 4.69) is 10.1 Å². The summed E-state index contributed by atoms with van der Waals surface area (Å²) in [4.78, 5) is 16.0. The maximum Gasteiger partial charge on any atom is 0.249 e. The number of nitrogens with zero attached hydrogens (tertiary/aromatic N) is 5. The highest BCUT2D eigenvalue weighted by molar-refractivity contribution is 5.91. The van der Waals surface area contributed by atoms with Crippen molar-refractivity contribution >= 4 is 16.7 Å². The van der Waals surface area contributed by atoms with Crippen LogP contribution < -0.4 is 9.64 Å². The molecule has 1 unspecified atom stereocenters. The molecule has 28 heavy (non-hydrogen) atoms. The maximum absolute atomic E-state index is 5.36. The molecular formula is C21H21N5O2. The Labute approximate surface area is 163 Å². The van der Waals surface area contributed by atoms with E-state index in [1.54, 1.807) is 14.0 Å². The van der Waals surface area contributed by atoms with Gasteiger partial charge in [-0.2, -0.15) is 4.98 Å². The van der Waals surface area contributed by atoms with Crippen LogP contribution in [0.4, 0.5) is 5.82 Å². The summed E-state index contributed by atoms with van der Waals surface area (Å²) in [5.74, 6) is 3.35. The van der Waals surface area contributed by atoms with Gasteiger partial charge < -0.3 is 14.2 Å². The Bertz CT molecular complexity index is 1120. The fourth-order valence-electron chi connectivity index (χ4n) is 3.05. The summed E-state index contributed by atoms with van der Waals surface area (Å²) in [5, 5.41) is 4.86. The van der Waals surface area contributed by atoms with Crippen LogP contribution >= 0.6 is 0 Å². The number of anilines is 1. The minimum Gasteiger partial charge on any atom is -0.497 e. The molecule has 2 aromatic heterocycles. The van der Waals surface area contributed by atoms with Gasteiger partial charge in [0.25, 0.3) is 0 Å². The average Bonchev–Trinajstić information content (AvgIpc) is 3.18. The molecule has 0 saturated heterocycles. The first kappa shape index (κ1) is 17.9. The molecule has 0 bridgehead atoms. The van der Waals surface area contributed by atoms with Gasteiger partial charge >= 0.3 is 0 Å². The molecule has 7 heteroatoms. The minimum atomic E-state index is -0.141. The van der Waals surface area contributed by atoms with E-state index in [1.807, 2.05) is 67.4 Å². The second kappa shape index (κ2) is 7.26. The van der Waals surface area contributed by atoms with E-state index in [-0.39, 0.29) is 6.04 Å². The Balaban J connectivity index is 1.84. The second-order valence-electron chi connectivity index (χ2n) is 6.59. The van der Waals surface area contributed by atoms with Crippen molar-refractivity contribution in [2.45, 2.75) is 19.9 Å². The molecule has 0 amide bonds. The molecule has 0 spiro atoms. The van der Waals surface area contributed by atoms with Gasteiger partial charge in [0.15, 0.2) is 11.6 Å². The Hall–Kier alpha value is -3.48. The molecule has 0 radical (unpaired) electrons. The zero-order valence-corrected chi connectivity index (χ0v) is 16.2. The Kier molecular flexibility index (Phi) is 4.65. The third-order valence-electron chi connectivity index (χ3n) is 4.73. The number of hydrogen-bond acceptors (Lipinski definition) is 7. The predicted molar refractivity (Wildman–Crippen MR) is 107 cm³/mol. The molecule has 0 aliphatic carbocycles. The SMILES string of the molecule is COc1cccc(-c2nc(N(C)C(C)c3nc(C)no3)c3ccccc3n2)c1. The lowest BCUT2D eigenvalue weighted by molar-refractivity contribution is 0.355. The number of aryl methyl sites for hydroxylation is 1. The van der Waals surface area contributed by atoms with Gasteiger partial charge in [-0.1, -0.05) is 29.4 Å². The molecule has 0 aliphatic rings. The number of fused-ring (bicyclic) bond motifs is 1. The molecule has 4 rings (SSSR count). The lowest BCUT2D eigenvalue weighted by Crippen LogP contribution is -2.23. The summed E-state index contributed by atoms with van der Waals surface area (Å²) < 4.78 is 10.7. The Morgan fingerprint density at radius 1 is 1.04 bits per heavy atom. The van der Waals surface area contributed by atoms with Crippen molar-refractivity contribution in [3.63, 3.8) is 0 Å². The number of hydrogen-bond donors (Lipinski definition) is 0. The smallest absolute Gasteiger partial charge is 0.249 e. The van der Waals surface area contributed by atoms with Crippen LogP contribution in [0.2, 0.25) is 0 Å². The maximum atomic E-state index is 5.36. The van der Waals surface area contributed by atoms with E-state index < -0.39 is 0 Å². The third-order valence-corrected chi connectivity index (χ3v) is 4.73. The van der Waals surface area contributed by atoms with Crippen LogP contribution in [0.5, 0.6) is 5.75 Å². The third kappa shape index (κ3) is 3.26. The highest BCUT2D eigenvalue weighted by atomic mass is 16.5. The molecule has 1 atom stereocenters. The molecule has 2 aromatic carbocycles. The molecule has 7 nitrogen and oxygen atoms in total. The summed E-state index contributed by atoms with van der Waals surface area (Å²) in [6, 6.07) is 15.5. The normalized spacial score (nSPS) is 12.1. The summed E-state index contributed by atoms with van der Waals surface area (Å²) in [6.45, 7) is 3.82. The lowest BCUT2D eigenvalue weighted by atomic mass is 10.1. The number of rotatable bonds is 5. The van der Waals surface area contributed by atoms with Gasteiger partial charge in [-0.25, -0.2) is 9.97 Å². The first-order chi connectivity index (χ1) is 13.6. The fraction of sp³-hybridized carbons (Fsp3) is 0.238. The number of methoxy groups -OCH3 is 1. The van der Waals surface area contributed by atoms with Gasteiger partial charge in [-0.3, -0.25) is 0 Å². The number of ether oxygens (including phenoxy) is 1. The Morgan fingerprint density at radius 2 is 1.86 bits per heavy atom. The van der Waals surface area contributed by atoms with Crippen molar-refractivity contribution in [1.82, 2.24) is 20.1 Å². The van der Waals surface area contributed by atoms with E-state index >= 15 is 0 Å². The van der Waals surface area contributed by atoms with Crippen LogP contribution in [0, 0.1) is 6.92 Å². The lowest BCUT2D eigenvalue weighted by Gasteiger charge is -2.24. The van der Waals surface area contributed by atoms with E-state index in [9.17, 15) is 0 Å². The van der Waals surface area contributed by atoms with Crippen LogP contribution in [0.25, 0.3) is 22.3 Å². The first-order valence-corrected chi connectivity index (χ1v) is 9.01. The van der Waals surface area contributed by atoms with Crippen molar-refractivity contribution in [2.75, 3.05) is 19.1 Å². The topological polar surface area (TPSA) is 77.2 Å². The molecule has 2 heterocycles. The molecular weight excluding hydrogens is 354 g/mol. The van der Waals surface area contributed by atoms with Gasteiger partial charge in [0.2, 0.25) is 5.89 Å². The van der Waals surface area contributed by atoms with Crippen molar-refractivity contribution < 1.29 is 9.26 Å². The number of aromatic nitrogens is 4. The minimum absolute atomic E-state index is 0.141. The zero-order chi connectivity index (χ0) is 19.7. The van der Waals surface area contributed by atoms with Crippen LogP contribution in [-0.2, 0) is 0 Å². The fourth-order valence-corrected chi connectivity index (χ4v) is 3.05. The van der Waals surface area contributed by atoms with Crippen molar-refractivity contribution in [3.8, 4) is 17.1 Å². The first-order valence-electron chi connectivity index (χ1n) is 9.01.